The Labute approximate surface area is 120 Å². The van der Waals surface area contributed by atoms with Crippen LogP contribution in [0.5, 0.6) is 5.75 Å². The molecule has 0 saturated carbocycles. The minimum absolute atomic E-state index is 0.113. The molecular weight excluding hydrogens is 254 g/mol. The van der Waals surface area contributed by atoms with Crippen molar-refractivity contribution in [2.75, 3.05) is 13.7 Å². The molecule has 0 unspecified atom stereocenters. The number of carbonyl (C=O) groups excluding carboxylic acids is 1. The molecule has 1 aliphatic rings. The molecule has 0 heterocycles. The van der Waals surface area contributed by atoms with Crippen LogP contribution < -0.4 is 10.5 Å². The van der Waals surface area contributed by atoms with Crippen molar-refractivity contribution in [1.82, 2.24) is 0 Å². The van der Waals surface area contributed by atoms with Crippen LogP contribution in [0, 0.1) is 5.92 Å². The fourth-order valence-electron chi connectivity index (χ4n) is 2.82. The number of benzene rings is 1. The van der Waals surface area contributed by atoms with Crippen LogP contribution in [0.4, 0.5) is 0 Å². The highest BCUT2D eigenvalue weighted by Crippen LogP contribution is 2.33. The van der Waals surface area contributed by atoms with Gasteiger partial charge in [0.25, 0.3) is 0 Å². The lowest BCUT2D eigenvalue weighted by Crippen LogP contribution is -2.54. The number of methoxy groups -OCH3 is 1. The average molecular weight is 277 g/mol. The number of ether oxygens (including phenoxy) is 2. The highest BCUT2D eigenvalue weighted by Gasteiger charge is 2.40. The molecule has 0 radical (unpaired) electrons. The first-order valence-electron chi connectivity index (χ1n) is 7.11. The molecule has 20 heavy (non-hydrogen) atoms. The third kappa shape index (κ3) is 2.80. The van der Waals surface area contributed by atoms with E-state index in [1.807, 2.05) is 6.07 Å². The number of nitrogens with two attached hydrogens (primary N) is 1. The maximum atomic E-state index is 12.0. The van der Waals surface area contributed by atoms with Gasteiger partial charge < -0.3 is 15.2 Å². The molecule has 0 aromatic heterocycles. The highest BCUT2D eigenvalue weighted by molar-refractivity contribution is 5.80. The van der Waals surface area contributed by atoms with Gasteiger partial charge in [0.15, 0.2) is 0 Å². The second-order valence-corrected chi connectivity index (χ2v) is 5.58. The van der Waals surface area contributed by atoms with Crippen LogP contribution in [0.25, 0.3) is 0 Å². The maximum Gasteiger partial charge on any atom is 0.326 e. The van der Waals surface area contributed by atoms with Crippen molar-refractivity contribution in [2.24, 2.45) is 11.7 Å². The van der Waals surface area contributed by atoms with E-state index in [4.69, 9.17) is 15.2 Å². The van der Waals surface area contributed by atoms with Gasteiger partial charge in [0.2, 0.25) is 0 Å². The van der Waals surface area contributed by atoms with Crippen LogP contribution in [-0.2, 0) is 22.4 Å². The molecule has 0 amide bonds. The number of fused-ring (bicyclic) bond motifs is 1. The summed E-state index contributed by atoms with van der Waals surface area (Å²) in [4.78, 5) is 12.0. The topological polar surface area (TPSA) is 61.5 Å². The van der Waals surface area contributed by atoms with Crippen LogP contribution >= 0.6 is 0 Å². The molecule has 2 atom stereocenters. The van der Waals surface area contributed by atoms with E-state index >= 15 is 0 Å². The van der Waals surface area contributed by atoms with Gasteiger partial charge in [-0.2, -0.15) is 0 Å². The third-order valence-corrected chi connectivity index (χ3v) is 4.21. The van der Waals surface area contributed by atoms with Gasteiger partial charge in [0.1, 0.15) is 11.3 Å². The quantitative estimate of drug-likeness (QED) is 0.856. The molecule has 4 heteroatoms. The summed E-state index contributed by atoms with van der Waals surface area (Å²) < 4.78 is 10.3. The highest BCUT2D eigenvalue weighted by atomic mass is 16.5. The molecule has 0 fully saturated rings. The Balaban J connectivity index is 2.16. The van der Waals surface area contributed by atoms with Crippen molar-refractivity contribution in [1.29, 1.82) is 0 Å². The summed E-state index contributed by atoms with van der Waals surface area (Å²) in [6.45, 7) is 3.95. The molecule has 0 bridgehead atoms. The number of hydrogen-bond acceptors (Lipinski definition) is 4. The number of hydrogen-bond donors (Lipinski definition) is 1. The molecule has 4 nitrogen and oxygen atoms in total. The van der Waals surface area contributed by atoms with Gasteiger partial charge in [0, 0.05) is 0 Å². The lowest BCUT2D eigenvalue weighted by molar-refractivity contribution is -0.151. The standard InChI is InChI=1S/C16H23NO3/c1-4-20-15(18)16(2,17)13-7-5-12-10-14(19-3)8-6-11(12)9-13/h6,8,10,13H,4-5,7,9,17H2,1-3H3/t13-,16+/m1/s1. The number of esters is 1. The zero-order valence-electron chi connectivity index (χ0n) is 12.4. The van der Waals surface area contributed by atoms with Crippen molar-refractivity contribution in [3.63, 3.8) is 0 Å². The van der Waals surface area contributed by atoms with Crippen molar-refractivity contribution in [2.45, 2.75) is 38.6 Å². The first-order valence-corrected chi connectivity index (χ1v) is 7.11. The zero-order chi connectivity index (χ0) is 14.8. The van der Waals surface area contributed by atoms with Crippen LogP contribution in [0.1, 0.15) is 31.4 Å². The molecule has 1 aromatic carbocycles. The fourth-order valence-corrected chi connectivity index (χ4v) is 2.82. The van der Waals surface area contributed by atoms with E-state index in [1.54, 1.807) is 21.0 Å². The summed E-state index contributed by atoms with van der Waals surface area (Å²) in [5.41, 5.74) is 7.86. The van der Waals surface area contributed by atoms with Gasteiger partial charge in [-0.25, -0.2) is 0 Å². The molecule has 110 valence electrons. The Morgan fingerprint density at radius 2 is 2.20 bits per heavy atom. The van der Waals surface area contributed by atoms with Crippen molar-refractivity contribution >= 4 is 5.97 Å². The molecule has 0 spiro atoms. The van der Waals surface area contributed by atoms with Gasteiger partial charge in [-0.1, -0.05) is 6.07 Å². The molecule has 1 aliphatic carbocycles. The first kappa shape index (κ1) is 14.9. The van der Waals surface area contributed by atoms with Gasteiger partial charge in [0.05, 0.1) is 13.7 Å². The lowest BCUT2D eigenvalue weighted by Gasteiger charge is -2.35. The van der Waals surface area contributed by atoms with Gasteiger partial charge >= 0.3 is 5.97 Å². The predicted octanol–water partition coefficient (Wildman–Crippen LogP) is 2.08. The van der Waals surface area contributed by atoms with Crippen LogP contribution in [0.15, 0.2) is 18.2 Å². The SMILES string of the molecule is CCOC(=O)[C@@](C)(N)[C@@H]1CCc2cc(OC)ccc2C1. The number of carbonyl (C=O) groups is 1. The summed E-state index contributed by atoms with van der Waals surface area (Å²) in [6.07, 6.45) is 2.63. The summed E-state index contributed by atoms with van der Waals surface area (Å²) in [7, 11) is 1.67. The molecule has 0 saturated heterocycles. The predicted molar refractivity (Wildman–Crippen MR) is 77.7 cm³/mol. The Kier molecular flexibility index (Phi) is 4.33. The van der Waals surface area contributed by atoms with E-state index in [2.05, 4.69) is 12.1 Å². The zero-order valence-corrected chi connectivity index (χ0v) is 12.4. The monoisotopic (exact) mass is 277 g/mol. The second-order valence-electron chi connectivity index (χ2n) is 5.58. The molecule has 0 aliphatic heterocycles. The first-order chi connectivity index (χ1) is 9.48. The smallest absolute Gasteiger partial charge is 0.326 e. The average Bonchev–Trinajstić information content (AvgIpc) is 2.46. The van der Waals surface area contributed by atoms with E-state index in [0.29, 0.717) is 6.61 Å². The molecule has 2 N–H and O–H groups in total. The Morgan fingerprint density at radius 3 is 2.85 bits per heavy atom. The Hall–Kier alpha value is -1.55. The van der Waals surface area contributed by atoms with Crippen LogP contribution in [0.2, 0.25) is 0 Å². The van der Waals surface area contributed by atoms with Crippen molar-refractivity contribution < 1.29 is 14.3 Å². The summed E-state index contributed by atoms with van der Waals surface area (Å²) in [5, 5.41) is 0. The summed E-state index contributed by atoms with van der Waals surface area (Å²) >= 11 is 0. The summed E-state index contributed by atoms with van der Waals surface area (Å²) in [6, 6.07) is 6.10. The molecule has 1 aromatic rings. The van der Waals surface area contributed by atoms with E-state index < -0.39 is 5.54 Å². The van der Waals surface area contributed by atoms with Crippen LogP contribution in [-0.4, -0.2) is 25.2 Å². The largest absolute Gasteiger partial charge is 0.497 e. The van der Waals surface area contributed by atoms with E-state index in [1.165, 1.54) is 11.1 Å². The van der Waals surface area contributed by atoms with Gasteiger partial charge in [-0.15, -0.1) is 0 Å². The number of aryl methyl sites for hydroxylation is 1. The van der Waals surface area contributed by atoms with Crippen molar-refractivity contribution in [3.8, 4) is 5.75 Å². The van der Waals surface area contributed by atoms with E-state index in [0.717, 1.165) is 25.0 Å². The maximum absolute atomic E-state index is 12.0. The third-order valence-electron chi connectivity index (χ3n) is 4.21. The molecule has 2 rings (SSSR count). The van der Waals surface area contributed by atoms with Gasteiger partial charge in [-0.05, 0) is 62.3 Å². The van der Waals surface area contributed by atoms with Crippen molar-refractivity contribution in [3.05, 3.63) is 29.3 Å². The minimum Gasteiger partial charge on any atom is -0.497 e. The van der Waals surface area contributed by atoms with E-state index in [-0.39, 0.29) is 11.9 Å². The normalized spacial score (nSPS) is 20.7. The van der Waals surface area contributed by atoms with Gasteiger partial charge in [-0.3, -0.25) is 4.79 Å². The summed E-state index contributed by atoms with van der Waals surface area (Å²) in [5.74, 6) is 0.688. The minimum atomic E-state index is -0.923. The Morgan fingerprint density at radius 1 is 1.45 bits per heavy atom. The second kappa shape index (κ2) is 5.83. The van der Waals surface area contributed by atoms with E-state index in [9.17, 15) is 4.79 Å². The lowest BCUT2D eigenvalue weighted by atomic mass is 9.74. The molecular formula is C16H23NO3. The fraction of sp³-hybridized carbons (Fsp3) is 0.562. The number of rotatable bonds is 4. The van der Waals surface area contributed by atoms with Crippen LogP contribution in [0.3, 0.4) is 0 Å². The Bertz CT molecular complexity index is 496.